The van der Waals surface area contributed by atoms with Gasteiger partial charge in [-0.3, -0.25) is 0 Å². The number of rotatable bonds is 4. The van der Waals surface area contributed by atoms with Gasteiger partial charge < -0.3 is 15.5 Å². The summed E-state index contributed by atoms with van der Waals surface area (Å²) in [6, 6.07) is -0.339. The van der Waals surface area contributed by atoms with Gasteiger partial charge in [0.25, 0.3) is 0 Å². The molecule has 66 valence electrons. The van der Waals surface area contributed by atoms with Crippen molar-refractivity contribution in [3.63, 3.8) is 0 Å². The quantitative estimate of drug-likeness (QED) is 0.625. The molecule has 0 aliphatic heterocycles. The molecule has 0 saturated heterocycles. The zero-order valence-corrected chi connectivity index (χ0v) is 7.50. The number of carbonyl (C=O) groups is 1. The Morgan fingerprint density at radius 2 is 1.91 bits per heavy atom. The highest BCUT2D eigenvalue weighted by molar-refractivity contribution is 5.71. The Balaban J connectivity index is 3.61. The van der Waals surface area contributed by atoms with Crippen molar-refractivity contribution in [1.82, 2.24) is 9.80 Å². The molecule has 0 unspecified atom stereocenters. The van der Waals surface area contributed by atoms with Gasteiger partial charge in [0.15, 0.2) is 0 Å². The molecule has 2 N–H and O–H groups in total. The summed E-state index contributed by atoms with van der Waals surface area (Å²) in [6.07, 6.45) is 0. The summed E-state index contributed by atoms with van der Waals surface area (Å²) in [5.41, 5.74) is 5.10. The van der Waals surface area contributed by atoms with Crippen LogP contribution in [-0.2, 0) is 0 Å². The molecule has 4 nitrogen and oxygen atoms in total. The molecule has 0 aliphatic rings. The van der Waals surface area contributed by atoms with Crippen LogP contribution in [0.1, 0.15) is 6.92 Å². The number of nitrogens with zero attached hydrogens (tertiary/aromatic N) is 2. The van der Waals surface area contributed by atoms with Gasteiger partial charge in [-0.2, -0.15) is 0 Å². The molecule has 0 aromatic heterocycles. The topological polar surface area (TPSA) is 49.6 Å². The van der Waals surface area contributed by atoms with Gasteiger partial charge in [-0.1, -0.05) is 0 Å². The Morgan fingerprint density at radius 3 is 2.18 bits per heavy atom. The molecule has 0 heterocycles. The van der Waals surface area contributed by atoms with Gasteiger partial charge in [-0.15, -0.1) is 0 Å². The van der Waals surface area contributed by atoms with Crippen LogP contribution in [-0.4, -0.2) is 49.6 Å². The van der Waals surface area contributed by atoms with Crippen molar-refractivity contribution in [2.24, 2.45) is 5.73 Å². The van der Waals surface area contributed by atoms with E-state index in [9.17, 15) is 4.79 Å². The first kappa shape index (κ1) is 10.2. The molecule has 0 aromatic rings. The summed E-state index contributed by atoms with van der Waals surface area (Å²) in [7, 11) is 3.93. The fraction of sp³-hybridized carbons (Fsp3) is 0.857. The van der Waals surface area contributed by atoms with Crippen molar-refractivity contribution in [2.75, 3.05) is 33.7 Å². The fourth-order valence-electron chi connectivity index (χ4n) is 0.745. The Morgan fingerprint density at radius 1 is 1.36 bits per heavy atom. The third kappa shape index (κ3) is 4.61. The fourth-order valence-corrected chi connectivity index (χ4v) is 0.745. The number of nitrogens with two attached hydrogens (primary N) is 1. The van der Waals surface area contributed by atoms with E-state index in [4.69, 9.17) is 5.73 Å². The second-order valence-electron chi connectivity index (χ2n) is 2.72. The molecule has 0 atom stereocenters. The lowest BCUT2D eigenvalue weighted by Gasteiger charge is -2.20. The van der Waals surface area contributed by atoms with E-state index >= 15 is 0 Å². The number of carbonyl (C=O) groups excluding carboxylic acids is 1. The van der Waals surface area contributed by atoms with Crippen molar-refractivity contribution in [2.45, 2.75) is 6.92 Å². The molecule has 0 saturated carbocycles. The molecular weight excluding hydrogens is 142 g/mol. The Labute approximate surface area is 67.9 Å². The molecule has 0 fully saturated rings. The van der Waals surface area contributed by atoms with Crippen LogP contribution in [0.15, 0.2) is 0 Å². The highest BCUT2D eigenvalue weighted by Gasteiger charge is 2.05. The zero-order valence-electron chi connectivity index (χ0n) is 7.50. The lowest BCUT2D eigenvalue weighted by atomic mass is 10.5. The van der Waals surface area contributed by atoms with Crippen LogP contribution < -0.4 is 5.73 Å². The Hall–Kier alpha value is -0.770. The maximum atomic E-state index is 10.7. The van der Waals surface area contributed by atoms with Crippen LogP contribution in [0, 0.1) is 0 Å². The Bertz CT molecular complexity index is 125. The molecule has 11 heavy (non-hydrogen) atoms. The Kier molecular flexibility index (Phi) is 4.61. The first-order valence-electron chi connectivity index (χ1n) is 3.77. The SMILES string of the molecule is CCN(CCN(C)C)C(N)=O. The second-order valence-corrected chi connectivity index (χ2v) is 2.72. The largest absolute Gasteiger partial charge is 0.351 e. The van der Waals surface area contributed by atoms with E-state index < -0.39 is 0 Å². The predicted octanol–water partition coefficient (Wildman–Crippen LogP) is -0.0514. The van der Waals surface area contributed by atoms with Gasteiger partial charge in [0.05, 0.1) is 0 Å². The van der Waals surface area contributed by atoms with Crippen LogP contribution in [0.25, 0.3) is 0 Å². The van der Waals surface area contributed by atoms with E-state index in [1.165, 1.54) is 0 Å². The summed E-state index contributed by atoms with van der Waals surface area (Å²) in [6.45, 7) is 4.17. The maximum absolute atomic E-state index is 10.7. The van der Waals surface area contributed by atoms with Crippen molar-refractivity contribution < 1.29 is 4.79 Å². The number of urea groups is 1. The van der Waals surface area contributed by atoms with E-state index in [-0.39, 0.29) is 6.03 Å². The first-order valence-corrected chi connectivity index (χ1v) is 3.77. The molecule has 4 heteroatoms. The van der Waals surface area contributed by atoms with E-state index in [2.05, 4.69) is 0 Å². The van der Waals surface area contributed by atoms with Crippen molar-refractivity contribution in [3.8, 4) is 0 Å². The lowest BCUT2D eigenvalue weighted by molar-refractivity contribution is 0.204. The van der Waals surface area contributed by atoms with Gasteiger partial charge in [0.1, 0.15) is 0 Å². The van der Waals surface area contributed by atoms with Crippen molar-refractivity contribution in [1.29, 1.82) is 0 Å². The van der Waals surface area contributed by atoms with Gasteiger partial charge in [0, 0.05) is 19.6 Å². The van der Waals surface area contributed by atoms with E-state index in [1.54, 1.807) is 4.90 Å². The second kappa shape index (κ2) is 4.96. The lowest BCUT2D eigenvalue weighted by Crippen LogP contribution is -2.39. The summed E-state index contributed by atoms with van der Waals surface area (Å²) in [4.78, 5) is 14.3. The predicted molar refractivity (Wildman–Crippen MR) is 45.4 cm³/mol. The standard InChI is InChI=1S/C7H17N3O/c1-4-10(7(8)11)6-5-9(2)3/h4-6H2,1-3H3,(H2,8,11). The van der Waals surface area contributed by atoms with Crippen molar-refractivity contribution >= 4 is 6.03 Å². The summed E-state index contributed by atoms with van der Waals surface area (Å²) in [5.74, 6) is 0. The molecule has 2 amide bonds. The third-order valence-electron chi connectivity index (χ3n) is 1.51. The van der Waals surface area contributed by atoms with Crippen molar-refractivity contribution in [3.05, 3.63) is 0 Å². The molecule has 0 radical (unpaired) electrons. The molecular formula is C7H17N3O. The minimum absolute atomic E-state index is 0.339. The molecule has 0 rings (SSSR count). The van der Waals surface area contributed by atoms with Gasteiger partial charge in [-0.05, 0) is 21.0 Å². The van der Waals surface area contributed by atoms with Crippen LogP contribution in [0.5, 0.6) is 0 Å². The molecule has 0 bridgehead atoms. The monoisotopic (exact) mass is 159 g/mol. The average molecular weight is 159 g/mol. The molecule has 0 aromatic carbocycles. The highest BCUT2D eigenvalue weighted by Crippen LogP contribution is 1.86. The summed E-state index contributed by atoms with van der Waals surface area (Å²) < 4.78 is 0. The van der Waals surface area contributed by atoms with Gasteiger partial charge >= 0.3 is 6.03 Å². The van der Waals surface area contributed by atoms with Crippen LogP contribution in [0.2, 0.25) is 0 Å². The minimum atomic E-state index is -0.339. The van der Waals surface area contributed by atoms with E-state index in [1.807, 2.05) is 25.9 Å². The minimum Gasteiger partial charge on any atom is -0.351 e. The number of amides is 2. The number of hydrogen-bond donors (Lipinski definition) is 1. The zero-order chi connectivity index (χ0) is 8.85. The number of hydrogen-bond acceptors (Lipinski definition) is 2. The summed E-state index contributed by atoms with van der Waals surface area (Å²) >= 11 is 0. The summed E-state index contributed by atoms with van der Waals surface area (Å²) in [5, 5.41) is 0. The maximum Gasteiger partial charge on any atom is 0.314 e. The smallest absolute Gasteiger partial charge is 0.314 e. The van der Waals surface area contributed by atoms with Crippen LogP contribution >= 0.6 is 0 Å². The average Bonchev–Trinajstić information content (AvgIpc) is 1.87. The highest BCUT2D eigenvalue weighted by atomic mass is 16.2. The van der Waals surface area contributed by atoms with E-state index in [0.717, 1.165) is 6.54 Å². The molecule has 0 spiro atoms. The third-order valence-corrected chi connectivity index (χ3v) is 1.51. The van der Waals surface area contributed by atoms with Gasteiger partial charge in [-0.25, -0.2) is 4.79 Å². The van der Waals surface area contributed by atoms with Gasteiger partial charge in [0.2, 0.25) is 0 Å². The normalized spacial score (nSPS) is 10.2. The number of primary amides is 1. The van der Waals surface area contributed by atoms with E-state index in [0.29, 0.717) is 13.1 Å². The number of likely N-dealkylation sites (N-methyl/N-ethyl adjacent to an activating group) is 2. The first-order chi connectivity index (χ1) is 5.07. The van der Waals surface area contributed by atoms with Crippen LogP contribution in [0.4, 0.5) is 4.79 Å². The van der Waals surface area contributed by atoms with Crippen LogP contribution in [0.3, 0.4) is 0 Å². The molecule has 0 aliphatic carbocycles.